The molecule has 1 saturated heterocycles. The van der Waals surface area contributed by atoms with Gasteiger partial charge in [-0.2, -0.15) is 8.42 Å². The van der Waals surface area contributed by atoms with Gasteiger partial charge < -0.3 is 34.3 Å². The van der Waals surface area contributed by atoms with E-state index in [1.54, 1.807) is 0 Å². The van der Waals surface area contributed by atoms with E-state index in [9.17, 15) is 37.9 Å². The third-order valence-corrected chi connectivity index (χ3v) is 9.82. The molecule has 1 aliphatic heterocycles. The maximum absolute atomic E-state index is 12.8. The van der Waals surface area contributed by atoms with E-state index in [0.29, 0.717) is 12.8 Å². The van der Waals surface area contributed by atoms with Gasteiger partial charge >= 0.3 is 11.9 Å². The van der Waals surface area contributed by atoms with Crippen molar-refractivity contribution in [1.82, 2.24) is 0 Å². The normalized spacial score (nSPS) is 21.2. The van der Waals surface area contributed by atoms with E-state index in [4.69, 9.17) is 18.9 Å². The predicted octanol–water partition coefficient (Wildman–Crippen LogP) is 8.27. The Morgan fingerprint density at radius 2 is 1.07 bits per heavy atom. The van der Waals surface area contributed by atoms with E-state index in [-0.39, 0.29) is 19.4 Å². The number of carbonyl (C=O) groups excluding carboxylic acids is 2. The molecule has 1 heterocycles. The Labute approximate surface area is 353 Å². The van der Waals surface area contributed by atoms with E-state index in [0.717, 1.165) is 83.5 Å². The molecule has 0 aromatic heterocycles. The Morgan fingerprint density at radius 1 is 0.593 bits per heavy atom. The maximum Gasteiger partial charge on any atom is 0.306 e. The lowest BCUT2D eigenvalue weighted by Gasteiger charge is -2.40. The van der Waals surface area contributed by atoms with Gasteiger partial charge in [-0.15, -0.1) is 0 Å². The first-order valence-electron chi connectivity index (χ1n) is 21.4. The van der Waals surface area contributed by atoms with E-state index in [2.05, 4.69) is 44.2 Å². The standard InChI is InChI=1S/C46H72O12S/c1-3-5-7-9-11-13-15-17-18-19-20-21-23-24-26-28-30-32-34-41(47)55-36-39(37-56-46-45(51)44(50)43(49)40(58-46)38-59(52,53)54)57-42(48)35-33-31-29-27-25-22-16-14-12-10-8-6-4-2/h6-21,39-40,43-46,49-51H,3-5,22-38H2,1-2H3,(H,52,53,54)/b8-6+,9-7+,12-10+,13-11+,16-14+,17-15+,19-18+,21-20+/t39?,40-,43-,44?,45?,46+/m1/s1. The van der Waals surface area contributed by atoms with Gasteiger partial charge in [-0.3, -0.25) is 14.1 Å². The molecule has 4 N–H and O–H groups in total. The van der Waals surface area contributed by atoms with Crippen LogP contribution in [-0.4, -0.2) is 96.0 Å². The molecular formula is C46H72O12S. The Balaban J connectivity index is 2.51. The molecule has 13 heteroatoms. The van der Waals surface area contributed by atoms with Crippen LogP contribution in [0.4, 0.5) is 0 Å². The van der Waals surface area contributed by atoms with Crippen LogP contribution in [-0.2, 0) is 38.7 Å². The zero-order valence-corrected chi connectivity index (χ0v) is 36.1. The lowest BCUT2D eigenvalue weighted by molar-refractivity contribution is -0.297. The summed E-state index contributed by atoms with van der Waals surface area (Å²) in [6, 6.07) is 0. The second kappa shape index (κ2) is 35.3. The Morgan fingerprint density at radius 3 is 1.59 bits per heavy atom. The topological polar surface area (TPSA) is 186 Å². The summed E-state index contributed by atoms with van der Waals surface area (Å²) in [4.78, 5) is 25.4. The SMILES string of the molecule is CC/C=C/C=C/C=C/CCCCCCCC(=O)OC(COC(=O)CCCCCCC/C=C/C=C/C=C/C=C/C=C/CCC)CO[C@H]1O[C@H](CS(=O)(=O)O)[C@@H](O)C(O)C1O. The number of rotatable bonds is 33. The summed E-state index contributed by atoms with van der Waals surface area (Å²) in [6.07, 6.45) is 37.3. The first-order valence-corrected chi connectivity index (χ1v) is 23.0. The third-order valence-electron chi connectivity index (χ3n) is 9.07. The summed E-state index contributed by atoms with van der Waals surface area (Å²) in [5.74, 6) is -2.06. The fraction of sp³-hybridized carbons (Fsp3) is 0.609. The van der Waals surface area contributed by atoms with Crippen molar-refractivity contribution in [2.45, 2.75) is 160 Å². The molecule has 0 bridgehead atoms. The van der Waals surface area contributed by atoms with Crippen molar-refractivity contribution in [1.29, 1.82) is 0 Å². The Bertz CT molecular complexity index is 1460. The van der Waals surface area contributed by atoms with E-state index >= 15 is 0 Å². The highest BCUT2D eigenvalue weighted by Crippen LogP contribution is 2.24. The Kier molecular flexibility index (Phi) is 32.1. The summed E-state index contributed by atoms with van der Waals surface area (Å²) in [5.41, 5.74) is 0. The minimum atomic E-state index is -4.61. The average Bonchev–Trinajstić information content (AvgIpc) is 3.20. The van der Waals surface area contributed by atoms with Gasteiger partial charge in [0, 0.05) is 12.8 Å². The molecule has 0 spiro atoms. The highest BCUT2D eigenvalue weighted by atomic mass is 32.2. The zero-order chi connectivity index (χ0) is 43.4. The molecule has 0 aromatic carbocycles. The second-order valence-corrected chi connectivity index (χ2v) is 16.0. The summed E-state index contributed by atoms with van der Waals surface area (Å²) >= 11 is 0. The van der Waals surface area contributed by atoms with Gasteiger partial charge in [-0.05, 0) is 51.4 Å². The van der Waals surface area contributed by atoms with Crippen LogP contribution in [0.15, 0.2) is 97.2 Å². The monoisotopic (exact) mass is 848 g/mol. The van der Waals surface area contributed by atoms with Crippen molar-refractivity contribution in [3.63, 3.8) is 0 Å². The van der Waals surface area contributed by atoms with Crippen LogP contribution in [0.25, 0.3) is 0 Å². The minimum absolute atomic E-state index is 0.128. The number of aliphatic hydroxyl groups is 3. The first-order chi connectivity index (χ1) is 28.5. The summed E-state index contributed by atoms with van der Waals surface area (Å²) < 4.78 is 53.9. The van der Waals surface area contributed by atoms with Crippen molar-refractivity contribution in [2.75, 3.05) is 19.0 Å². The molecule has 0 saturated carbocycles. The lowest BCUT2D eigenvalue weighted by Crippen LogP contribution is -2.60. The predicted molar refractivity (Wildman–Crippen MR) is 233 cm³/mol. The molecule has 6 atom stereocenters. The van der Waals surface area contributed by atoms with Gasteiger partial charge in [0.15, 0.2) is 12.4 Å². The van der Waals surface area contributed by atoms with Crippen molar-refractivity contribution in [3.05, 3.63) is 97.2 Å². The second-order valence-electron chi connectivity index (χ2n) is 14.5. The van der Waals surface area contributed by atoms with Crippen LogP contribution in [0, 0.1) is 0 Å². The number of allylic oxidation sites excluding steroid dienone is 16. The number of unbranched alkanes of at least 4 members (excludes halogenated alkanes) is 11. The van der Waals surface area contributed by atoms with Gasteiger partial charge in [0.05, 0.1) is 6.61 Å². The van der Waals surface area contributed by atoms with Crippen LogP contribution in [0.1, 0.15) is 123 Å². The van der Waals surface area contributed by atoms with Gasteiger partial charge in [0.1, 0.15) is 36.8 Å². The highest BCUT2D eigenvalue weighted by Gasteiger charge is 2.46. The van der Waals surface area contributed by atoms with Crippen LogP contribution in [0.3, 0.4) is 0 Å². The smallest absolute Gasteiger partial charge is 0.306 e. The molecular weight excluding hydrogens is 777 g/mol. The third kappa shape index (κ3) is 30.3. The van der Waals surface area contributed by atoms with Crippen molar-refractivity contribution >= 4 is 22.1 Å². The molecule has 3 unspecified atom stereocenters. The van der Waals surface area contributed by atoms with Gasteiger partial charge in [-0.1, -0.05) is 156 Å². The van der Waals surface area contributed by atoms with Gasteiger partial charge in [0.2, 0.25) is 0 Å². The molecule has 1 fully saturated rings. The van der Waals surface area contributed by atoms with E-state index in [1.807, 2.05) is 66.8 Å². The first kappa shape index (κ1) is 53.6. The fourth-order valence-electron chi connectivity index (χ4n) is 5.76. The Hall–Kier alpha value is -3.43. The molecule has 1 rings (SSSR count). The quantitative estimate of drug-likeness (QED) is 0.0215. The number of carbonyl (C=O) groups is 2. The molecule has 59 heavy (non-hydrogen) atoms. The molecule has 0 amide bonds. The molecule has 0 aliphatic carbocycles. The number of aliphatic hydroxyl groups excluding tert-OH is 3. The minimum Gasteiger partial charge on any atom is -0.462 e. The van der Waals surface area contributed by atoms with E-state index in [1.165, 1.54) is 0 Å². The average molecular weight is 849 g/mol. The molecule has 0 radical (unpaired) electrons. The summed E-state index contributed by atoms with van der Waals surface area (Å²) in [5, 5.41) is 30.8. The number of esters is 2. The number of hydrogen-bond donors (Lipinski definition) is 4. The number of ether oxygens (including phenoxy) is 4. The summed E-state index contributed by atoms with van der Waals surface area (Å²) in [6.45, 7) is 3.47. The zero-order valence-electron chi connectivity index (χ0n) is 35.3. The van der Waals surface area contributed by atoms with Crippen molar-refractivity contribution < 1.29 is 56.8 Å². The maximum atomic E-state index is 12.8. The van der Waals surface area contributed by atoms with Crippen LogP contribution < -0.4 is 0 Å². The summed E-state index contributed by atoms with van der Waals surface area (Å²) in [7, 11) is -4.61. The van der Waals surface area contributed by atoms with Gasteiger partial charge in [-0.25, -0.2) is 0 Å². The lowest BCUT2D eigenvalue weighted by atomic mass is 10.00. The van der Waals surface area contributed by atoms with Crippen LogP contribution in [0.5, 0.6) is 0 Å². The number of hydrogen-bond acceptors (Lipinski definition) is 11. The molecule has 334 valence electrons. The van der Waals surface area contributed by atoms with Crippen LogP contribution in [0.2, 0.25) is 0 Å². The van der Waals surface area contributed by atoms with Gasteiger partial charge in [0.25, 0.3) is 10.1 Å². The molecule has 12 nitrogen and oxygen atoms in total. The fourth-order valence-corrected chi connectivity index (χ4v) is 6.45. The van der Waals surface area contributed by atoms with Crippen molar-refractivity contribution in [2.24, 2.45) is 0 Å². The molecule has 1 aliphatic rings. The van der Waals surface area contributed by atoms with Crippen molar-refractivity contribution in [3.8, 4) is 0 Å². The van der Waals surface area contributed by atoms with E-state index < -0.39 is 71.2 Å². The molecule has 0 aromatic rings. The largest absolute Gasteiger partial charge is 0.462 e. The van der Waals surface area contributed by atoms with Crippen LogP contribution >= 0.6 is 0 Å². The highest BCUT2D eigenvalue weighted by molar-refractivity contribution is 7.85.